The van der Waals surface area contributed by atoms with E-state index in [0.29, 0.717) is 5.92 Å². The van der Waals surface area contributed by atoms with Gasteiger partial charge in [-0.2, -0.15) is 8.42 Å². The lowest BCUT2D eigenvalue weighted by atomic mass is 9.88. The second-order valence-corrected chi connectivity index (χ2v) is 9.92. The minimum Gasteiger partial charge on any atom is -0.286 e. The predicted octanol–water partition coefficient (Wildman–Crippen LogP) is 7.41. The molecule has 0 aliphatic rings. The highest BCUT2D eigenvalue weighted by molar-refractivity contribution is 7.85. The first-order chi connectivity index (χ1) is 12.4. The first-order valence-electron chi connectivity index (χ1n) is 11.3. The Morgan fingerprint density at radius 2 is 1.12 bits per heavy atom. The molecule has 4 heteroatoms. The quantitative estimate of drug-likeness (QED) is 0.184. The Morgan fingerprint density at radius 3 is 1.58 bits per heavy atom. The van der Waals surface area contributed by atoms with Gasteiger partial charge in [0.2, 0.25) is 0 Å². The summed E-state index contributed by atoms with van der Waals surface area (Å²) in [6.45, 7) is 6.43. The van der Waals surface area contributed by atoms with Crippen molar-refractivity contribution in [1.29, 1.82) is 0 Å². The van der Waals surface area contributed by atoms with Gasteiger partial charge in [-0.15, -0.1) is 0 Å². The van der Waals surface area contributed by atoms with Gasteiger partial charge in [-0.25, -0.2) is 0 Å². The second-order valence-electron chi connectivity index (χ2n) is 8.42. The third kappa shape index (κ3) is 18.7. The van der Waals surface area contributed by atoms with Crippen LogP contribution in [0.2, 0.25) is 0 Å². The van der Waals surface area contributed by atoms with Gasteiger partial charge in [0.05, 0.1) is 5.75 Å². The minimum absolute atomic E-state index is 0.0552. The van der Waals surface area contributed by atoms with Gasteiger partial charge in [0.15, 0.2) is 0 Å². The van der Waals surface area contributed by atoms with Crippen molar-refractivity contribution in [2.75, 3.05) is 5.75 Å². The van der Waals surface area contributed by atoms with Gasteiger partial charge >= 0.3 is 0 Å². The third-order valence-corrected chi connectivity index (χ3v) is 6.40. The van der Waals surface area contributed by atoms with Gasteiger partial charge in [-0.1, -0.05) is 117 Å². The average Bonchev–Trinajstić information content (AvgIpc) is 2.55. The predicted molar refractivity (Wildman–Crippen MR) is 114 cm³/mol. The summed E-state index contributed by atoms with van der Waals surface area (Å²) in [5.74, 6) is 0.582. The molecule has 0 fully saturated rings. The van der Waals surface area contributed by atoms with Crippen molar-refractivity contribution >= 4 is 10.1 Å². The smallest absolute Gasteiger partial charge is 0.265 e. The van der Waals surface area contributed by atoms with Crippen LogP contribution in [0.3, 0.4) is 0 Å². The van der Waals surface area contributed by atoms with E-state index < -0.39 is 10.1 Å². The van der Waals surface area contributed by atoms with Crippen LogP contribution in [0, 0.1) is 11.8 Å². The Kier molecular flexibility index (Phi) is 17.0. The molecule has 0 aliphatic carbocycles. The number of hydrogen-bond acceptors (Lipinski definition) is 2. The van der Waals surface area contributed by atoms with Gasteiger partial charge in [0.25, 0.3) is 10.1 Å². The Bertz CT molecular complexity index is 392. The van der Waals surface area contributed by atoms with Crippen molar-refractivity contribution in [2.45, 2.75) is 124 Å². The highest BCUT2D eigenvalue weighted by atomic mass is 32.2. The lowest BCUT2D eigenvalue weighted by Gasteiger charge is -2.20. The monoisotopic (exact) mass is 390 g/mol. The van der Waals surface area contributed by atoms with E-state index in [1.807, 2.05) is 6.92 Å². The third-order valence-electron chi connectivity index (χ3n) is 5.41. The fraction of sp³-hybridized carbons (Fsp3) is 1.00. The summed E-state index contributed by atoms with van der Waals surface area (Å²) in [7, 11) is -3.84. The normalized spacial score (nSPS) is 14.5. The molecule has 158 valence electrons. The van der Waals surface area contributed by atoms with Crippen molar-refractivity contribution in [3.8, 4) is 0 Å². The SMILES string of the molecule is CCCCCCCCCCCCCC(CCCC)CC(C)CS(=O)(=O)O. The summed E-state index contributed by atoms with van der Waals surface area (Å²) in [4.78, 5) is 0. The van der Waals surface area contributed by atoms with Crippen LogP contribution in [-0.2, 0) is 10.1 Å². The number of unbranched alkanes of at least 4 members (excludes halogenated alkanes) is 11. The molecule has 26 heavy (non-hydrogen) atoms. The van der Waals surface area contributed by atoms with Crippen molar-refractivity contribution in [3.63, 3.8) is 0 Å². The topological polar surface area (TPSA) is 54.4 Å². The van der Waals surface area contributed by atoms with E-state index in [-0.39, 0.29) is 11.7 Å². The molecule has 2 atom stereocenters. The van der Waals surface area contributed by atoms with Gasteiger partial charge in [0.1, 0.15) is 0 Å². The van der Waals surface area contributed by atoms with E-state index >= 15 is 0 Å². The summed E-state index contributed by atoms with van der Waals surface area (Å²) in [6, 6.07) is 0. The molecule has 0 bridgehead atoms. The lowest BCUT2D eigenvalue weighted by molar-refractivity contribution is 0.339. The minimum atomic E-state index is -3.84. The molecule has 2 unspecified atom stereocenters. The standard InChI is InChI=1S/C22H46O3S/c1-4-6-8-9-10-11-12-13-14-15-16-18-22(17-7-5-2)19-21(3)20-26(23,24)25/h21-22H,4-20H2,1-3H3,(H,23,24,25). The van der Waals surface area contributed by atoms with Crippen molar-refractivity contribution in [2.24, 2.45) is 11.8 Å². The molecule has 0 saturated heterocycles. The van der Waals surface area contributed by atoms with E-state index in [1.54, 1.807) is 0 Å². The molecule has 1 N–H and O–H groups in total. The second kappa shape index (κ2) is 17.0. The molecule has 0 aromatic rings. The fourth-order valence-electron chi connectivity index (χ4n) is 3.97. The van der Waals surface area contributed by atoms with Crippen LogP contribution in [-0.4, -0.2) is 18.7 Å². The van der Waals surface area contributed by atoms with Crippen molar-refractivity contribution in [3.05, 3.63) is 0 Å². The molecule has 0 radical (unpaired) electrons. The Morgan fingerprint density at radius 1 is 0.692 bits per heavy atom. The molecule has 3 nitrogen and oxygen atoms in total. The van der Waals surface area contributed by atoms with E-state index in [2.05, 4.69) is 13.8 Å². The van der Waals surface area contributed by atoms with E-state index in [9.17, 15) is 8.42 Å². The van der Waals surface area contributed by atoms with Crippen LogP contribution < -0.4 is 0 Å². The van der Waals surface area contributed by atoms with Crippen LogP contribution in [0.15, 0.2) is 0 Å². The summed E-state index contributed by atoms with van der Waals surface area (Å²) in [5, 5.41) is 0. The highest BCUT2D eigenvalue weighted by Gasteiger charge is 2.17. The van der Waals surface area contributed by atoms with Gasteiger partial charge in [-0.3, -0.25) is 4.55 Å². The molecule has 0 heterocycles. The zero-order chi connectivity index (χ0) is 19.7. The molecule has 0 spiro atoms. The highest BCUT2D eigenvalue weighted by Crippen LogP contribution is 2.25. The van der Waals surface area contributed by atoms with Gasteiger partial charge < -0.3 is 0 Å². The molecule has 0 aliphatic heterocycles. The molecule has 0 amide bonds. The maximum Gasteiger partial charge on any atom is 0.265 e. The van der Waals surface area contributed by atoms with Gasteiger partial charge in [-0.05, 0) is 18.3 Å². The van der Waals surface area contributed by atoms with E-state index in [4.69, 9.17) is 4.55 Å². The van der Waals surface area contributed by atoms with Crippen molar-refractivity contribution in [1.82, 2.24) is 0 Å². The molecule has 0 aromatic carbocycles. The van der Waals surface area contributed by atoms with E-state index in [1.165, 1.54) is 96.3 Å². The fourth-order valence-corrected chi connectivity index (χ4v) is 4.82. The molecule has 0 aromatic heterocycles. The van der Waals surface area contributed by atoms with Gasteiger partial charge in [0, 0.05) is 0 Å². The molecular weight excluding hydrogens is 344 g/mol. The zero-order valence-corrected chi connectivity index (χ0v) is 18.7. The molecular formula is C22H46O3S. The van der Waals surface area contributed by atoms with Crippen molar-refractivity contribution < 1.29 is 13.0 Å². The van der Waals surface area contributed by atoms with E-state index in [0.717, 1.165) is 6.42 Å². The summed E-state index contributed by atoms with van der Waals surface area (Å²) in [5.41, 5.74) is 0. The maximum absolute atomic E-state index is 11.1. The largest absolute Gasteiger partial charge is 0.286 e. The first-order valence-corrected chi connectivity index (χ1v) is 12.9. The summed E-state index contributed by atoms with van der Waals surface area (Å²) in [6.07, 6.45) is 20.8. The van der Waals surface area contributed by atoms with Crippen LogP contribution in [0.25, 0.3) is 0 Å². The Hall–Kier alpha value is -0.0900. The average molecular weight is 391 g/mol. The summed E-state index contributed by atoms with van der Waals surface area (Å²) < 4.78 is 31.1. The Balaban J connectivity index is 3.76. The van der Waals surface area contributed by atoms with Crippen LogP contribution in [0.1, 0.15) is 124 Å². The number of hydrogen-bond donors (Lipinski definition) is 1. The lowest BCUT2D eigenvalue weighted by Crippen LogP contribution is -2.16. The maximum atomic E-state index is 11.1. The number of rotatable bonds is 19. The Labute approximate surface area is 164 Å². The van der Waals surface area contributed by atoms with Crippen LogP contribution >= 0.6 is 0 Å². The summed E-state index contributed by atoms with van der Waals surface area (Å²) >= 11 is 0. The molecule has 0 rings (SSSR count). The van der Waals surface area contributed by atoms with Crippen LogP contribution in [0.4, 0.5) is 0 Å². The van der Waals surface area contributed by atoms with Crippen LogP contribution in [0.5, 0.6) is 0 Å². The molecule has 0 saturated carbocycles. The zero-order valence-electron chi connectivity index (χ0n) is 17.8. The first kappa shape index (κ1) is 25.9.